The maximum absolute atomic E-state index is 5.75. The highest BCUT2D eigenvalue weighted by atomic mass is 32.1. The summed E-state index contributed by atoms with van der Waals surface area (Å²) in [4.78, 5) is 0.602. The fourth-order valence-corrected chi connectivity index (χ4v) is 2.07. The Morgan fingerprint density at radius 3 is 2.47 bits per heavy atom. The molecule has 2 nitrogen and oxygen atoms in total. The van der Waals surface area contributed by atoms with E-state index in [2.05, 4.69) is 0 Å². The maximum Gasteiger partial charge on any atom is 0.119 e. The molecule has 0 spiro atoms. The van der Waals surface area contributed by atoms with Crippen LogP contribution in [0.1, 0.15) is 19.3 Å². The van der Waals surface area contributed by atoms with Crippen molar-refractivity contribution in [3.05, 3.63) is 30.3 Å². The smallest absolute Gasteiger partial charge is 0.119 e. The minimum absolute atomic E-state index is 0.0365. The molecule has 1 saturated carbocycles. The quantitative estimate of drug-likeness (QED) is 0.793. The third kappa shape index (κ3) is 2.12. The number of hydrogen-bond acceptors (Lipinski definition) is 2. The van der Waals surface area contributed by atoms with Crippen LogP contribution in [-0.4, -0.2) is 11.6 Å². The van der Waals surface area contributed by atoms with E-state index in [1.807, 2.05) is 30.3 Å². The Balaban J connectivity index is 1.95. The molecule has 0 saturated heterocycles. The van der Waals surface area contributed by atoms with Crippen molar-refractivity contribution < 1.29 is 4.74 Å². The van der Waals surface area contributed by atoms with Crippen LogP contribution in [0.15, 0.2) is 30.3 Å². The lowest BCUT2D eigenvalue weighted by molar-refractivity contribution is 0.128. The first-order valence-corrected chi connectivity index (χ1v) is 5.62. The second-order valence-electron chi connectivity index (χ2n) is 4.10. The van der Waals surface area contributed by atoms with Crippen molar-refractivity contribution in [1.82, 2.24) is 0 Å². The molecule has 0 radical (unpaired) electrons. The van der Waals surface area contributed by atoms with Gasteiger partial charge >= 0.3 is 0 Å². The Hall–Kier alpha value is -1.09. The van der Waals surface area contributed by atoms with Crippen LogP contribution < -0.4 is 10.5 Å². The molecule has 0 heterocycles. The number of hydrogen-bond donors (Lipinski definition) is 1. The molecular weight excluding hydrogens is 206 g/mol. The van der Waals surface area contributed by atoms with Crippen LogP contribution in [-0.2, 0) is 0 Å². The number of para-hydroxylation sites is 1. The molecule has 1 fully saturated rings. The average molecular weight is 221 g/mol. The molecule has 15 heavy (non-hydrogen) atoms. The van der Waals surface area contributed by atoms with Crippen LogP contribution in [0, 0.1) is 5.41 Å². The number of rotatable bonds is 4. The number of thiocarbonyl (C=S) groups is 1. The molecule has 1 aromatic rings. The van der Waals surface area contributed by atoms with E-state index >= 15 is 0 Å². The second-order valence-corrected chi connectivity index (χ2v) is 4.54. The Labute approximate surface area is 95.4 Å². The van der Waals surface area contributed by atoms with Gasteiger partial charge in [0.05, 0.1) is 10.4 Å². The van der Waals surface area contributed by atoms with Gasteiger partial charge in [-0.3, -0.25) is 0 Å². The van der Waals surface area contributed by atoms with Crippen molar-refractivity contribution in [2.45, 2.75) is 19.3 Å². The largest absolute Gasteiger partial charge is 0.493 e. The molecule has 0 atom stereocenters. The van der Waals surface area contributed by atoms with E-state index in [0.717, 1.165) is 18.6 Å². The number of nitrogens with two attached hydrogens (primary N) is 1. The molecule has 0 aliphatic heterocycles. The van der Waals surface area contributed by atoms with Crippen LogP contribution in [0.5, 0.6) is 5.75 Å². The van der Waals surface area contributed by atoms with Crippen molar-refractivity contribution in [2.24, 2.45) is 11.1 Å². The summed E-state index contributed by atoms with van der Waals surface area (Å²) in [6, 6.07) is 9.80. The minimum Gasteiger partial charge on any atom is -0.493 e. The van der Waals surface area contributed by atoms with Crippen molar-refractivity contribution in [3.8, 4) is 5.75 Å². The van der Waals surface area contributed by atoms with Gasteiger partial charge in [-0.05, 0) is 25.0 Å². The highest BCUT2D eigenvalue weighted by Gasteiger charge is 2.40. The molecular formula is C12H15NOS. The average Bonchev–Trinajstić information content (AvgIpc) is 2.17. The summed E-state index contributed by atoms with van der Waals surface area (Å²) in [5.74, 6) is 0.889. The molecule has 0 amide bonds. The summed E-state index contributed by atoms with van der Waals surface area (Å²) in [5.41, 5.74) is 5.71. The standard InChI is InChI=1S/C12H15NOS/c13-11(15)12(7-4-8-12)9-14-10-5-2-1-3-6-10/h1-3,5-6H,4,7-9H2,(H2,13,15). The molecule has 3 heteroatoms. The van der Waals surface area contributed by atoms with Crippen molar-refractivity contribution >= 4 is 17.2 Å². The SMILES string of the molecule is NC(=S)C1(COc2ccccc2)CCC1. The van der Waals surface area contributed by atoms with Gasteiger partial charge in [0.2, 0.25) is 0 Å². The van der Waals surface area contributed by atoms with E-state index in [9.17, 15) is 0 Å². The van der Waals surface area contributed by atoms with Crippen LogP contribution >= 0.6 is 12.2 Å². The summed E-state index contributed by atoms with van der Waals surface area (Å²) in [6.45, 7) is 0.617. The molecule has 0 unspecified atom stereocenters. The predicted octanol–water partition coefficient (Wildman–Crippen LogP) is 2.52. The van der Waals surface area contributed by atoms with Crippen molar-refractivity contribution in [1.29, 1.82) is 0 Å². The molecule has 2 rings (SSSR count). The van der Waals surface area contributed by atoms with Crippen LogP contribution in [0.3, 0.4) is 0 Å². The third-order valence-electron chi connectivity index (χ3n) is 3.09. The third-order valence-corrected chi connectivity index (χ3v) is 3.52. The first-order valence-electron chi connectivity index (χ1n) is 5.21. The van der Waals surface area contributed by atoms with Gasteiger partial charge in [0.25, 0.3) is 0 Å². The Morgan fingerprint density at radius 2 is 2.00 bits per heavy atom. The highest BCUT2D eigenvalue weighted by Crippen LogP contribution is 2.41. The lowest BCUT2D eigenvalue weighted by Gasteiger charge is -2.40. The van der Waals surface area contributed by atoms with E-state index in [0.29, 0.717) is 11.6 Å². The monoisotopic (exact) mass is 221 g/mol. The summed E-state index contributed by atoms with van der Waals surface area (Å²) in [5, 5.41) is 0. The van der Waals surface area contributed by atoms with Gasteiger partial charge in [-0.1, -0.05) is 36.8 Å². The normalized spacial score (nSPS) is 17.9. The lowest BCUT2D eigenvalue weighted by Crippen LogP contribution is -2.46. The van der Waals surface area contributed by atoms with Gasteiger partial charge in [0.15, 0.2) is 0 Å². The van der Waals surface area contributed by atoms with Crippen molar-refractivity contribution in [2.75, 3.05) is 6.61 Å². The van der Waals surface area contributed by atoms with Gasteiger partial charge in [0.1, 0.15) is 12.4 Å². The summed E-state index contributed by atoms with van der Waals surface area (Å²) in [6.07, 6.45) is 3.33. The van der Waals surface area contributed by atoms with Crippen LogP contribution in [0.25, 0.3) is 0 Å². The van der Waals surface area contributed by atoms with Crippen LogP contribution in [0.4, 0.5) is 0 Å². The van der Waals surface area contributed by atoms with Crippen molar-refractivity contribution in [3.63, 3.8) is 0 Å². The fourth-order valence-electron chi connectivity index (χ4n) is 1.80. The first-order chi connectivity index (χ1) is 7.23. The molecule has 1 aromatic carbocycles. The summed E-state index contributed by atoms with van der Waals surface area (Å²) < 4.78 is 5.71. The van der Waals surface area contributed by atoms with E-state index < -0.39 is 0 Å². The maximum atomic E-state index is 5.75. The van der Waals surface area contributed by atoms with E-state index in [1.165, 1.54) is 6.42 Å². The van der Waals surface area contributed by atoms with Crippen LogP contribution in [0.2, 0.25) is 0 Å². The van der Waals surface area contributed by atoms with Gasteiger partial charge in [-0.15, -0.1) is 0 Å². The molecule has 1 aliphatic carbocycles. The van der Waals surface area contributed by atoms with Gasteiger partial charge in [-0.25, -0.2) is 0 Å². The fraction of sp³-hybridized carbons (Fsp3) is 0.417. The first kappa shape index (κ1) is 10.4. The van der Waals surface area contributed by atoms with E-state index in [-0.39, 0.29) is 5.41 Å². The zero-order chi connectivity index (χ0) is 10.7. The predicted molar refractivity (Wildman–Crippen MR) is 65.0 cm³/mol. The topological polar surface area (TPSA) is 35.2 Å². The summed E-state index contributed by atoms with van der Waals surface area (Å²) >= 11 is 5.09. The zero-order valence-electron chi connectivity index (χ0n) is 8.61. The van der Waals surface area contributed by atoms with Gasteiger partial charge < -0.3 is 10.5 Å². The summed E-state index contributed by atoms with van der Waals surface area (Å²) in [7, 11) is 0. The molecule has 0 bridgehead atoms. The van der Waals surface area contributed by atoms with E-state index in [4.69, 9.17) is 22.7 Å². The molecule has 0 aromatic heterocycles. The molecule has 80 valence electrons. The molecule has 2 N–H and O–H groups in total. The molecule has 1 aliphatic rings. The second kappa shape index (κ2) is 4.19. The lowest BCUT2D eigenvalue weighted by atomic mass is 9.69. The highest BCUT2D eigenvalue weighted by molar-refractivity contribution is 7.80. The Bertz CT molecular complexity index is 346. The van der Waals surface area contributed by atoms with E-state index in [1.54, 1.807) is 0 Å². The minimum atomic E-state index is -0.0365. The zero-order valence-corrected chi connectivity index (χ0v) is 9.43. The Kier molecular flexibility index (Phi) is 2.91. The number of ether oxygens (including phenoxy) is 1. The number of benzene rings is 1. The van der Waals surface area contributed by atoms with Gasteiger partial charge in [0, 0.05) is 0 Å². The Morgan fingerprint density at radius 1 is 1.33 bits per heavy atom. The van der Waals surface area contributed by atoms with Gasteiger partial charge in [-0.2, -0.15) is 0 Å².